The molecule has 124 valence electrons. The number of hydrogen-bond donors (Lipinski definition) is 0. The first kappa shape index (κ1) is 16.1. The molecule has 0 radical (unpaired) electrons. The molecule has 0 atom stereocenters. The monoisotopic (exact) mass is 325 g/mol. The van der Waals surface area contributed by atoms with Crippen LogP contribution in [0.1, 0.15) is 31.1 Å². The largest absolute Gasteiger partial charge is 0.465 e. The molecule has 5 heteroatoms. The van der Waals surface area contributed by atoms with Crippen LogP contribution in [0, 0.1) is 0 Å². The Hall–Kier alpha value is -2.82. The van der Waals surface area contributed by atoms with Gasteiger partial charge in [0.05, 0.1) is 23.7 Å². The number of hydrogen-bond acceptors (Lipinski definition) is 4. The Morgan fingerprint density at radius 3 is 2.29 bits per heavy atom. The lowest BCUT2D eigenvalue weighted by Gasteiger charge is -2.20. The van der Waals surface area contributed by atoms with Crippen LogP contribution in [0.25, 0.3) is 21.8 Å². The van der Waals surface area contributed by atoms with Gasteiger partial charge in [0.15, 0.2) is 0 Å². The number of carbonyl (C=O) groups is 2. The third-order valence-corrected chi connectivity index (χ3v) is 3.68. The van der Waals surface area contributed by atoms with E-state index >= 15 is 0 Å². The van der Waals surface area contributed by atoms with Crippen LogP contribution in [0.2, 0.25) is 0 Å². The molecular formula is C19H19NO4. The van der Waals surface area contributed by atoms with E-state index < -0.39 is 17.7 Å². The fraction of sp³-hybridized carbons (Fsp3) is 0.263. The first-order valence-electron chi connectivity index (χ1n) is 7.67. The number of benzene rings is 2. The van der Waals surface area contributed by atoms with E-state index in [2.05, 4.69) is 0 Å². The fourth-order valence-electron chi connectivity index (χ4n) is 2.80. The molecule has 3 rings (SSSR count). The molecule has 2 aromatic carbocycles. The highest BCUT2D eigenvalue weighted by molar-refractivity contribution is 6.19. The number of para-hydroxylation sites is 1. The maximum Gasteiger partial charge on any atom is 0.419 e. The molecule has 5 nitrogen and oxygen atoms in total. The van der Waals surface area contributed by atoms with Crippen molar-refractivity contribution >= 4 is 33.9 Å². The van der Waals surface area contributed by atoms with Gasteiger partial charge in [-0.3, -0.25) is 0 Å². The average molecular weight is 325 g/mol. The van der Waals surface area contributed by atoms with Gasteiger partial charge in [-0.15, -0.1) is 0 Å². The highest BCUT2D eigenvalue weighted by Crippen LogP contribution is 2.32. The molecule has 0 saturated carbocycles. The minimum absolute atomic E-state index is 0.425. The van der Waals surface area contributed by atoms with Crippen molar-refractivity contribution in [2.45, 2.75) is 26.4 Å². The van der Waals surface area contributed by atoms with E-state index in [0.29, 0.717) is 22.0 Å². The summed E-state index contributed by atoms with van der Waals surface area (Å²) in [4.78, 5) is 24.9. The summed E-state index contributed by atoms with van der Waals surface area (Å²) in [5.74, 6) is -0.437. The van der Waals surface area contributed by atoms with Crippen molar-refractivity contribution in [3.8, 4) is 0 Å². The number of fused-ring (bicyclic) bond motifs is 3. The van der Waals surface area contributed by atoms with Crippen LogP contribution in [0.4, 0.5) is 4.79 Å². The molecule has 0 fully saturated rings. The summed E-state index contributed by atoms with van der Waals surface area (Å²) in [7, 11) is 1.34. The molecule has 0 aliphatic carbocycles. The highest BCUT2D eigenvalue weighted by Gasteiger charge is 2.24. The number of ether oxygens (including phenoxy) is 2. The van der Waals surface area contributed by atoms with E-state index in [1.165, 1.54) is 11.7 Å². The molecule has 0 saturated heterocycles. The van der Waals surface area contributed by atoms with Crippen LogP contribution in [-0.4, -0.2) is 29.3 Å². The van der Waals surface area contributed by atoms with Crippen LogP contribution in [0.15, 0.2) is 42.5 Å². The fourth-order valence-corrected chi connectivity index (χ4v) is 2.80. The first-order valence-corrected chi connectivity index (χ1v) is 7.67. The number of methoxy groups -OCH3 is 1. The molecule has 0 bridgehead atoms. The number of rotatable bonds is 1. The van der Waals surface area contributed by atoms with Crippen LogP contribution in [0.3, 0.4) is 0 Å². The standard InChI is InChI=1S/C19H19NO4/c1-19(2,3)24-18(22)20-14-10-6-5-8-12(14)16-13(17(21)23-4)9-7-11-15(16)20/h5-11H,1-4H3. The van der Waals surface area contributed by atoms with Gasteiger partial charge in [-0.2, -0.15) is 0 Å². The molecule has 1 heterocycles. The molecule has 0 aliphatic heterocycles. The van der Waals surface area contributed by atoms with E-state index in [-0.39, 0.29) is 0 Å². The second-order valence-corrected chi connectivity index (χ2v) is 6.52. The quantitative estimate of drug-likeness (QED) is 0.624. The summed E-state index contributed by atoms with van der Waals surface area (Å²) in [6.07, 6.45) is -0.476. The zero-order chi connectivity index (χ0) is 17.5. The van der Waals surface area contributed by atoms with Gasteiger partial charge in [0, 0.05) is 10.8 Å². The molecule has 0 amide bonds. The number of aromatic nitrogens is 1. The molecule has 1 aromatic heterocycles. The van der Waals surface area contributed by atoms with Gasteiger partial charge in [0.2, 0.25) is 0 Å². The van der Waals surface area contributed by atoms with E-state index in [1.807, 2.05) is 45.0 Å². The third kappa shape index (κ3) is 2.62. The van der Waals surface area contributed by atoms with Gasteiger partial charge in [-0.25, -0.2) is 14.2 Å². The molecular weight excluding hydrogens is 306 g/mol. The maximum absolute atomic E-state index is 12.7. The smallest absolute Gasteiger partial charge is 0.419 e. The number of nitrogens with zero attached hydrogens (tertiary/aromatic N) is 1. The molecule has 3 aromatic rings. The predicted molar refractivity (Wildman–Crippen MR) is 92.4 cm³/mol. The Balaban J connectivity index is 2.36. The van der Waals surface area contributed by atoms with Crippen molar-refractivity contribution in [3.05, 3.63) is 48.0 Å². The van der Waals surface area contributed by atoms with Gasteiger partial charge < -0.3 is 9.47 Å². The molecule has 0 unspecified atom stereocenters. The second-order valence-electron chi connectivity index (χ2n) is 6.52. The topological polar surface area (TPSA) is 57.5 Å². The molecule has 0 aliphatic rings. The SMILES string of the molecule is COC(=O)c1cccc2c1c1ccccc1n2C(=O)OC(C)(C)C. The minimum Gasteiger partial charge on any atom is -0.465 e. The lowest BCUT2D eigenvalue weighted by molar-refractivity contribution is 0.0548. The van der Waals surface area contributed by atoms with E-state index in [1.54, 1.807) is 18.2 Å². The zero-order valence-corrected chi connectivity index (χ0v) is 14.1. The minimum atomic E-state index is -0.616. The van der Waals surface area contributed by atoms with Crippen molar-refractivity contribution in [1.82, 2.24) is 4.57 Å². The van der Waals surface area contributed by atoms with Gasteiger partial charge >= 0.3 is 12.1 Å². The van der Waals surface area contributed by atoms with Crippen molar-refractivity contribution < 1.29 is 19.1 Å². The lowest BCUT2D eigenvalue weighted by atomic mass is 10.1. The molecule has 0 N–H and O–H groups in total. The lowest BCUT2D eigenvalue weighted by Crippen LogP contribution is -2.27. The second kappa shape index (κ2) is 5.67. The average Bonchev–Trinajstić information content (AvgIpc) is 2.87. The number of esters is 1. The zero-order valence-electron chi connectivity index (χ0n) is 14.1. The third-order valence-electron chi connectivity index (χ3n) is 3.68. The van der Waals surface area contributed by atoms with Gasteiger partial charge in [-0.1, -0.05) is 24.3 Å². The van der Waals surface area contributed by atoms with Crippen LogP contribution in [0.5, 0.6) is 0 Å². The summed E-state index contributed by atoms with van der Waals surface area (Å²) in [6, 6.07) is 12.7. The summed E-state index contributed by atoms with van der Waals surface area (Å²) < 4.78 is 11.9. The van der Waals surface area contributed by atoms with Gasteiger partial charge in [0.1, 0.15) is 5.60 Å². The van der Waals surface area contributed by atoms with E-state index in [4.69, 9.17) is 9.47 Å². The van der Waals surface area contributed by atoms with Gasteiger partial charge in [0.25, 0.3) is 0 Å². The van der Waals surface area contributed by atoms with Crippen molar-refractivity contribution in [3.63, 3.8) is 0 Å². The Labute approximate surface area is 139 Å². The van der Waals surface area contributed by atoms with Crippen LogP contribution < -0.4 is 0 Å². The van der Waals surface area contributed by atoms with E-state index in [0.717, 1.165) is 5.39 Å². The Morgan fingerprint density at radius 1 is 0.958 bits per heavy atom. The highest BCUT2D eigenvalue weighted by atomic mass is 16.6. The van der Waals surface area contributed by atoms with E-state index in [9.17, 15) is 9.59 Å². The van der Waals surface area contributed by atoms with Gasteiger partial charge in [-0.05, 0) is 39.0 Å². The van der Waals surface area contributed by atoms with Crippen molar-refractivity contribution in [2.24, 2.45) is 0 Å². The Morgan fingerprint density at radius 2 is 1.62 bits per heavy atom. The summed E-state index contributed by atoms with van der Waals surface area (Å²) in [5, 5.41) is 1.49. The van der Waals surface area contributed by atoms with Crippen LogP contribution >= 0.6 is 0 Å². The van der Waals surface area contributed by atoms with Crippen LogP contribution in [-0.2, 0) is 9.47 Å². The normalized spacial score (nSPS) is 11.7. The summed E-state index contributed by atoms with van der Waals surface area (Å²) in [6.45, 7) is 5.45. The summed E-state index contributed by atoms with van der Waals surface area (Å²) in [5.41, 5.74) is 1.12. The maximum atomic E-state index is 12.7. The first-order chi connectivity index (χ1) is 11.3. The Bertz CT molecular complexity index is 947. The molecule has 24 heavy (non-hydrogen) atoms. The number of carbonyl (C=O) groups excluding carboxylic acids is 2. The Kier molecular flexibility index (Phi) is 3.79. The predicted octanol–water partition coefficient (Wildman–Crippen LogP) is 4.36. The van der Waals surface area contributed by atoms with Crippen molar-refractivity contribution in [1.29, 1.82) is 0 Å². The summed E-state index contributed by atoms with van der Waals surface area (Å²) >= 11 is 0. The molecule has 0 spiro atoms. The van der Waals surface area contributed by atoms with Crippen molar-refractivity contribution in [2.75, 3.05) is 7.11 Å².